The predicted octanol–water partition coefficient (Wildman–Crippen LogP) is 1.01. The number of hydrogen-bond acceptors (Lipinski definition) is 4. The average molecular weight is 199 g/mol. The van der Waals surface area contributed by atoms with Crippen LogP contribution in [0.2, 0.25) is 0 Å². The molecule has 0 radical (unpaired) electrons. The van der Waals surface area contributed by atoms with Crippen LogP contribution in [0.5, 0.6) is 0 Å². The zero-order valence-electron chi connectivity index (χ0n) is 8.73. The van der Waals surface area contributed by atoms with E-state index in [-0.39, 0.29) is 17.8 Å². The number of hydroxylamine groups is 2. The highest BCUT2D eigenvalue weighted by atomic mass is 16.7. The Kier molecular flexibility index (Phi) is 4.07. The highest BCUT2D eigenvalue weighted by molar-refractivity contribution is 5.72. The van der Waals surface area contributed by atoms with E-state index in [9.17, 15) is 9.59 Å². The van der Waals surface area contributed by atoms with E-state index in [0.717, 1.165) is 32.0 Å². The van der Waals surface area contributed by atoms with Gasteiger partial charge in [0, 0.05) is 20.0 Å². The van der Waals surface area contributed by atoms with Gasteiger partial charge in [-0.25, -0.2) is 0 Å². The van der Waals surface area contributed by atoms with Gasteiger partial charge in [0.2, 0.25) is 0 Å². The van der Waals surface area contributed by atoms with Crippen molar-refractivity contribution < 1.29 is 14.4 Å². The third-order valence-corrected chi connectivity index (χ3v) is 2.57. The number of rotatable bonds is 3. The van der Waals surface area contributed by atoms with Gasteiger partial charge in [0.25, 0.3) is 0 Å². The number of carbonyl (C=O) groups is 2. The van der Waals surface area contributed by atoms with Crippen LogP contribution in [-0.2, 0) is 14.4 Å². The first kappa shape index (κ1) is 11.2. The molecule has 1 fully saturated rings. The van der Waals surface area contributed by atoms with Gasteiger partial charge in [0.15, 0.2) is 0 Å². The summed E-state index contributed by atoms with van der Waals surface area (Å²) in [5.74, 6) is -0.0358. The number of nitrogens with zero attached hydrogens (tertiary/aromatic N) is 1. The normalized spacial score (nSPS) is 27.4. The fourth-order valence-electron chi connectivity index (χ4n) is 1.75. The van der Waals surface area contributed by atoms with E-state index in [2.05, 4.69) is 0 Å². The first-order valence-electron chi connectivity index (χ1n) is 4.98. The van der Waals surface area contributed by atoms with Crippen molar-refractivity contribution in [2.45, 2.75) is 25.7 Å². The average Bonchev–Trinajstić information content (AvgIpc) is 2.17. The smallest absolute Gasteiger partial charge is 0.328 e. The molecule has 0 amide bonds. The summed E-state index contributed by atoms with van der Waals surface area (Å²) in [5.41, 5.74) is 0. The first-order valence-corrected chi connectivity index (χ1v) is 4.98. The van der Waals surface area contributed by atoms with Gasteiger partial charge in [-0.15, -0.1) is 5.06 Å². The van der Waals surface area contributed by atoms with E-state index >= 15 is 0 Å². The Morgan fingerprint density at radius 1 is 1.29 bits per heavy atom. The van der Waals surface area contributed by atoms with Gasteiger partial charge in [0.1, 0.15) is 6.29 Å². The molecule has 0 unspecified atom stereocenters. The van der Waals surface area contributed by atoms with Crippen LogP contribution in [0, 0.1) is 11.8 Å². The second-order valence-electron chi connectivity index (χ2n) is 3.97. The number of carbonyl (C=O) groups excluding carboxylic acids is 2. The fraction of sp³-hybridized carbons (Fsp3) is 0.800. The van der Waals surface area contributed by atoms with Crippen molar-refractivity contribution in [2.24, 2.45) is 11.8 Å². The van der Waals surface area contributed by atoms with Crippen LogP contribution in [0.15, 0.2) is 0 Å². The van der Waals surface area contributed by atoms with Crippen molar-refractivity contribution in [1.29, 1.82) is 0 Å². The third-order valence-electron chi connectivity index (χ3n) is 2.57. The molecule has 0 spiro atoms. The Balaban J connectivity index is 2.34. The minimum absolute atomic E-state index is 0.0198. The zero-order valence-corrected chi connectivity index (χ0v) is 8.73. The molecule has 0 aromatic rings. The molecule has 0 N–H and O–H groups in total. The predicted molar refractivity (Wildman–Crippen MR) is 51.3 cm³/mol. The molecule has 0 saturated heterocycles. The monoisotopic (exact) mass is 199 g/mol. The molecule has 0 aromatic carbocycles. The van der Waals surface area contributed by atoms with E-state index in [4.69, 9.17) is 4.84 Å². The maximum Gasteiger partial charge on any atom is 0.328 e. The molecule has 4 heteroatoms. The summed E-state index contributed by atoms with van der Waals surface area (Å²) >= 11 is 0. The Labute approximate surface area is 84.2 Å². The fourth-order valence-corrected chi connectivity index (χ4v) is 1.75. The lowest BCUT2D eigenvalue weighted by atomic mass is 9.83. The molecule has 80 valence electrons. The second-order valence-corrected chi connectivity index (χ2v) is 3.97. The second kappa shape index (κ2) is 5.10. The Morgan fingerprint density at radius 2 is 1.86 bits per heavy atom. The quantitative estimate of drug-likeness (QED) is 0.502. The summed E-state index contributed by atoms with van der Waals surface area (Å²) < 4.78 is 0. The van der Waals surface area contributed by atoms with Crippen LogP contribution in [-0.4, -0.2) is 31.4 Å². The van der Waals surface area contributed by atoms with Crippen LogP contribution in [0.4, 0.5) is 0 Å². The standard InChI is InChI=1S/C10H17NO3/c1-11(2)14-10(13)9-5-3-8(7-12)4-6-9/h7-9H,3-6H2,1-2H3. The number of hydrogen-bond donors (Lipinski definition) is 0. The van der Waals surface area contributed by atoms with Crippen LogP contribution in [0.25, 0.3) is 0 Å². The Bertz CT molecular complexity index is 207. The SMILES string of the molecule is CN(C)OC(=O)C1CCC(C=O)CC1. The van der Waals surface area contributed by atoms with Gasteiger partial charge in [-0.1, -0.05) is 0 Å². The van der Waals surface area contributed by atoms with Crippen molar-refractivity contribution >= 4 is 12.3 Å². The highest BCUT2D eigenvalue weighted by Gasteiger charge is 2.27. The molecule has 1 aliphatic rings. The summed E-state index contributed by atoms with van der Waals surface area (Å²) in [6.07, 6.45) is 4.17. The van der Waals surface area contributed by atoms with Crippen molar-refractivity contribution in [2.75, 3.05) is 14.1 Å². The zero-order chi connectivity index (χ0) is 10.6. The summed E-state index contributed by atoms with van der Waals surface area (Å²) in [4.78, 5) is 26.9. The largest absolute Gasteiger partial charge is 0.368 e. The van der Waals surface area contributed by atoms with Crippen LogP contribution in [0.3, 0.4) is 0 Å². The van der Waals surface area contributed by atoms with E-state index in [1.54, 1.807) is 14.1 Å². The molecular formula is C10H17NO3. The molecule has 0 aromatic heterocycles. The van der Waals surface area contributed by atoms with Gasteiger partial charge < -0.3 is 9.63 Å². The van der Waals surface area contributed by atoms with Crippen LogP contribution >= 0.6 is 0 Å². The molecular weight excluding hydrogens is 182 g/mol. The van der Waals surface area contributed by atoms with Crippen LogP contribution < -0.4 is 0 Å². The lowest BCUT2D eigenvalue weighted by molar-refractivity contribution is -0.185. The molecule has 0 heterocycles. The van der Waals surface area contributed by atoms with Gasteiger partial charge in [0.05, 0.1) is 5.92 Å². The molecule has 1 rings (SSSR count). The molecule has 1 saturated carbocycles. The molecule has 0 bridgehead atoms. The van der Waals surface area contributed by atoms with Crippen molar-refractivity contribution in [3.05, 3.63) is 0 Å². The lowest BCUT2D eigenvalue weighted by Crippen LogP contribution is -2.28. The molecule has 4 nitrogen and oxygen atoms in total. The summed E-state index contributed by atoms with van der Waals surface area (Å²) in [6.45, 7) is 0. The molecule has 0 aliphatic heterocycles. The summed E-state index contributed by atoms with van der Waals surface area (Å²) in [5, 5.41) is 1.41. The van der Waals surface area contributed by atoms with Gasteiger partial charge in [-0.2, -0.15) is 0 Å². The maximum atomic E-state index is 11.5. The van der Waals surface area contributed by atoms with E-state index in [0.29, 0.717) is 0 Å². The topological polar surface area (TPSA) is 46.6 Å². The van der Waals surface area contributed by atoms with Crippen molar-refractivity contribution in [1.82, 2.24) is 5.06 Å². The summed E-state index contributed by atoms with van der Waals surface area (Å²) in [6, 6.07) is 0. The molecule has 1 aliphatic carbocycles. The van der Waals surface area contributed by atoms with Crippen LogP contribution in [0.1, 0.15) is 25.7 Å². The minimum Gasteiger partial charge on any atom is -0.368 e. The molecule has 14 heavy (non-hydrogen) atoms. The number of aldehydes is 1. The van der Waals surface area contributed by atoms with Gasteiger partial charge >= 0.3 is 5.97 Å². The third kappa shape index (κ3) is 3.10. The molecule has 0 atom stereocenters. The first-order chi connectivity index (χ1) is 6.63. The van der Waals surface area contributed by atoms with Gasteiger partial charge in [-0.3, -0.25) is 4.79 Å². The Hall–Kier alpha value is -0.900. The lowest BCUT2D eigenvalue weighted by Gasteiger charge is -2.24. The Morgan fingerprint density at radius 3 is 2.29 bits per heavy atom. The maximum absolute atomic E-state index is 11.5. The van der Waals surface area contributed by atoms with Crippen molar-refractivity contribution in [3.8, 4) is 0 Å². The highest BCUT2D eigenvalue weighted by Crippen LogP contribution is 2.28. The van der Waals surface area contributed by atoms with E-state index < -0.39 is 0 Å². The van der Waals surface area contributed by atoms with E-state index in [1.807, 2.05) is 0 Å². The van der Waals surface area contributed by atoms with Gasteiger partial charge in [-0.05, 0) is 25.7 Å². The summed E-state index contributed by atoms with van der Waals surface area (Å²) in [7, 11) is 3.38. The van der Waals surface area contributed by atoms with Crippen molar-refractivity contribution in [3.63, 3.8) is 0 Å². The minimum atomic E-state index is -0.167. The van der Waals surface area contributed by atoms with E-state index in [1.165, 1.54) is 5.06 Å².